The first-order chi connectivity index (χ1) is 18.4. The molecule has 0 saturated carbocycles. The van der Waals surface area contributed by atoms with Gasteiger partial charge in [0.15, 0.2) is 11.5 Å². The number of nitrogens with one attached hydrogen (secondary N) is 2. The van der Waals surface area contributed by atoms with E-state index < -0.39 is 11.7 Å². The smallest absolute Gasteiger partial charge is 0.416 e. The molecule has 2 heterocycles. The van der Waals surface area contributed by atoms with Crippen LogP contribution in [0.1, 0.15) is 28.7 Å². The summed E-state index contributed by atoms with van der Waals surface area (Å²) in [4.78, 5) is 15.4. The summed E-state index contributed by atoms with van der Waals surface area (Å²) in [5.74, 6) is 1.35. The van der Waals surface area contributed by atoms with Gasteiger partial charge in [0.25, 0.3) is 0 Å². The lowest BCUT2D eigenvalue weighted by atomic mass is 10.1. The lowest BCUT2D eigenvalue weighted by Gasteiger charge is -2.23. The Bertz CT molecular complexity index is 1250. The number of hydrogen-bond donors (Lipinski definition) is 2. The van der Waals surface area contributed by atoms with Crippen LogP contribution in [-0.4, -0.2) is 42.8 Å². The summed E-state index contributed by atoms with van der Waals surface area (Å²) in [7, 11) is 0. The van der Waals surface area contributed by atoms with Crippen LogP contribution in [0.5, 0.6) is 11.5 Å². The van der Waals surface area contributed by atoms with E-state index in [9.17, 15) is 18.0 Å². The van der Waals surface area contributed by atoms with Crippen molar-refractivity contribution in [3.05, 3.63) is 95.1 Å². The van der Waals surface area contributed by atoms with Gasteiger partial charge in [0.05, 0.1) is 11.6 Å². The molecule has 9 heteroatoms. The van der Waals surface area contributed by atoms with Gasteiger partial charge < -0.3 is 20.1 Å². The number of halogens is 3. The Morgan fingerprint density at radius 1 is 0.947 bits per heavy atom. The third kappa shape index (κ3) is 6.28. The van der Waals surface area contributed by atoms with Crippen LogP contribution < -0.4 is 20.1 Å². The molecule has 0 bridgehead atoms. The first-order valence-corrected chi connectivity index (χ1v) is 12.7. The molecule has 1 amide bonds. The van der Waals surface area contributed by atoms with Crippen LogP contribution in [0.25, 0.3) is 0 Å². The van der Waals surface area contributed by atoms with Gasteiger partial charge in [-0.1, -0.05) is 54.6 Å². The molecule has 3 aromatic carbocycles. The van der Waals surface area contributed by atoms with Gasteiger partial charge in [-0.05, 0) is 47.7 Å². The van der Waals surface area contributed by atoms with Gasteiger partial charge in [0, 0.05) is 32.2 Å². The van der Waals surface area contributed by atoms with Crippen LogP contribution in [0.4, 0.5) is 13.2 Å². The minimum Gasteiger partial charge on any atom is -0.454 e. The van der Waals surface area contributed by atoms with Crippen LogP contribution in [0.3, 0.4) is 0 Å². The highest BCUT2D eigenvalue weighted by atomic mass is 19.4. The summed E-state index contributed by atoms with van der Waals surface area (Å²) >= 11 is 0. The van der Waals surface area contributed by atoms with Crippen LogP contribution in [0.2, 0.25) is 0 Å². The van der Waals surface area contributed by atoms with E-state index in [-0.39, 0.29) is 36.9 Å². The second-order valence-electron chi connectivity index (χ2n) is 9.63. The van der Waals surface area contributed by atoms with Crippen molar-refractivity contribution in [2.75, 3.05) is 19.9 Å². The van der Waals surface area contributed by atoms with Crippen LogP contribution >= 0.6 is 0 Å². The molecule has 0 spiro atoms. The van der Waals surface area contributed by atoms with Gasteiger partial charge in [-0.25, -0.2) is 0 Å². The number of alkyl halides is 3. The molecule has 2 aliphatic rings. The average Bonchev–Trinajstić information content (AvgIpc) is 3.54. The Hall–Kier alpha value is -3.56. The van der Waals surface area contributed by atoms with Crippen LogP contribution in [0.15, 0.2) is 72.8 Å². The zero-order valence-electron chi connectivity index (χ0n) is 20.8. The number of likely N-dealkylation sites (tertiary alicyclic amines) is 1. The summed E-state index contributed by atoms with van der Waals surface area (Å²) in [5, 5.41) is 6.32. The molecule has 2 aliphatic heterocycles. The molecular formula is C29H30F3N3O3. The fourth-order valence-electron chi connectivity index (χ4n) is 5.07. The molecule has 3 aromatic rings. The molecule has 0 aliphatic carbocycles. The molecule has 38 heavy (non-hydrogen) atoms. The second-order valence-corrected chi connectivity index (χ2v) is 9.63. The molecule has 1 saturated heterocycles. The maximum absolute atomic E-state index is 13.4. The fraction of sp³-hybridized carbons (Fsp3) is 0.345. The minimum absolute atomic E-state index is 0.0813. The number of ether oxygens (including phenoxy) is 2. The Morgan fingerprint density at radius 3 is 2.53 bits per heavy atom. The molecule has 0 unspecified atom stereocenters. The summed E-state index contributed by atoms with van der Waals surface area (Å²) in [6.07, 6.45) is -3.26. The van der Waals surface area contributed by atoms with Gasteiger partial charge in [-0.15, -0.1) is 0 Å². The number of hydrogen-bond acceptors (Lipinski definition) is 5. The quantitative estimate of drug-likeness (QED) is 0.430. The maximum Gasteiger partial charge on any atom is 0.416 e. The van der Waals surface area contributed by atoms with Crippen molar-refractivity contribution >= 4 is 5.91 Å². The standard InChI is InChI=1S/C29H30F3N3O3/c30-29(31,32)24-9-5-4-8-22(24)16-34-23-15-25(35(18-23)17-21-6-2-1-3-7-21)28(36)33-13-12-20-10-11-26-27(14-20)38-19-37-26/h1-11,14,23,25,34H,12-13,15-19H2,(H,33,36)/t23-,25-/m0/s1. The third-order valence-corrected chi connectivity index (χ3v) is 6.99. The van der Waals surface area contributed by atoms with E-state index in [2.05, 4.69) is 15.5 Å². The molecule has 1 fully saturated rings. The Morgan fingerprint density at radius 2 is 1.71 bits per heavy atom. The number of carbonyl (C=O) groups excluding carboxylic acids is 1. The van der Waals surface area contributed by atoms with E-state index in [1.807, 2.05) is 48.5 Å². The summed E-state index contributed by atoms with van der Waals surface area (Å²) in [6.45, 7) is 1.90. The zero-order valence-corrected chi connectivity index (χ0v) is 20.8. The van der Waals surface area contributed by atoms with Crippen molar-refractivity contribution in [1.29, 1.82) is 0 Å². The highest BCUT2D eigenvalue weighted by Gasteiger charge is 2.37. The normalized spacial score (nSPS) is 19.0. The topological polar surface area (TPSA) is 62.8 Å². The largest absolute Gasteiger partial charge is 0.454 e. The molecule has 0 radical (unpaired) electrons. The fourth-order valence-corrected chi connectivity index (χ4v) is 5.07. The van der Waals surface area contributed by atoms with Crippen molar-refractivity contribution in [2.24, 2.45) is 0 Å². The van der Waals surface area contributed by atoms with Crippen molar-refractivity contribution in [1.82, 2.24) is 15.5 Å². The zero-order chi connectivity index (χ0) is 26.5. The lowest BCUT2D eigenvalue weighted by molar-refractivity contribution is -0.138. The van der Waals surface area contributed by atoms with Crippen molar-refractivity contribution in [2.45, 2.75) is 44.2 Å². The number of benzene rings is 3. The average molecular weight is 526 g/mol. The lowest BCUT2D eigenvalue weighted by Crippen LogP contribution is -2.43. The second kappa shape index (κ2) is 11.4. The highest BCUT2D eigenvalue weighted by molar-refractivity contribution is 5.82. The molecule has 6 nitrogen and oxygen atoms in total. The van der Waals surface area contributed by atoms with Gasteiger partial charge in [-0.3, -0.25) is 9.69 Å². The summed E-state index contributed by atoms with van der Waals surface area (Å²) in [5.41, 5.74) is 1.68. The van der Waals surface area contributed by atoms with E-state index in [0.29, 0.717) is 38.2 Å². The molecule has 0 aromatic heterocycles. The Balaban J connectivity index is 1.21. The predicted octanol–water partition coefficient (Wildman–Crippen LogP) is 4.53. The third-order valence-electron chi connectivity index (χ3n) is 6.99. The van der Waals surface area contributed by atoms with Crippen LogP contribution in [0, 0.1) is 0 Å². The van der Waals surface area contributed by atoms with E-state index in [1.165, 1.54) is 12.1 Å². The number of carbonyl (C=O) groups is 1. The van der Waals surface area contributed by atoms with Gasteiger partial charge >= 0.3 is 6.18 Å². The molecule has 2 N–H and O–H groups in total. The Labute approximate surface area is 219 Å². The van der Waals surface area contributed by atoms with Gasteiger partial charge in [-0.2, -0.15) is 13.2 Å². The van der Waals surface area contributed by atoms with Gasteiger partial charge in [0.2, 0.25) is 12.7 Å². The SMILES string of the molecule is O=C(NCCc1ccc2c(c1)OCO2)[C@@H]1C[C@H](NCc2ccccc2C(F)(F)F)CN1Cc1ccccc1. The van der Waals surface area contributed by atoms with E-state index in [1.54, 1.807) is 6.07 Å². The Kier molecular flexibility index (Phi) is 7.85. The number of rotatable bonds is 9. The summed E-state index contributed by atoms with van der Waals surface area (Å²) in [6, 6.07) is 20.7. The van der Waals surface area contributed by atoms with Crippen molar-refractivity contribution < 1.29 is 27.4 Å². The van der Waals surface area contributed by atoms with Crippen LogP contribution in [-0.2, 0) is 30.5 Å². The molecule has 200 valence electrons. The van der Waals surface area contributed by atoms with Crippen molar-refractivity contribution in [3.63, 3.8) is 0 Å². The first-order valence-electron chi connectivity index (χ1n) is 12.7. The molecule has 2 atom stereocenters. The van der Waals surface area contributed by atoms with Gasteiger partial charge in [0.1, 0.15) is 0 Å². The predicted molar refractivity (Wildman–Crippen MR) is 137 cm³/mol. The van der Waals surface area contributed by atoms with Crippen molar-refractivity contribution in [3.8, 4) is 11.5 Å². The molecular weight excluding hydrogens is 495 g/mol. The van der Waals surface area contributed by atoms with E-state index in [4.69, 9.17) is 9.47 Å². The maximum atomic E-state index is 13.4. The number of fused-ring (bicyclic) bond motifs is 1. The highest BCUT2D eigenvalue weighted by Crippen LogP contribution is 2.33. The molecule has 5 rings (SSSR count). The first kappa shape index (κ1) is 26.1. The summed E-state index contributed by atoms with van der Waals surface area (Å²) < 4.78 is 51.0. The number of amides is 1. The number of nitrogens with zero attached hydrogens (tertiary/aromatic N) is 1. The minimum atomic E-state index is -4.41. The van der Waals surface area contributed by atoms with E-state index >= 15 is 0 Å². The monoisotopic (exact) mass is 525 g/mol. The van der Waals surface area contributed by atoms with E-state index in [0.717, 1.165) is 22.9 Å².